The molecule has 3 heteroatoms. The van der Waals surface area contributed by atoms with E-state index in [1.54, 1.807) is 20.8 Å². The van der Waals surface area contributed by atoms with Crippen LogP contribution in [0.1, 0.15) is 37.0 Å². The standard InChI is InChI=1S/C13H16FNO/c1-8-4-9-7-15-12(6-13(2,3)16)10(9)5-11(8)14/h4-5,16H,6-7H2,1-3H3. The van der Waals surface area contributed by atoms with E-state index < -0.39 is 5.60 Å². The van der Waals surface area contributed by atoms with Gasteiger partial charge < -0.3 is 5.11 Å². The fraction of sp³-hybridized carbons (Fsp3) is 0.462. The SMILES string of the molecule is Cc1cc2c(cc1F)C(CC(C)(C)O)=NC2. The Labute approximate surface area is 94.8 Å². The molecule has 1 aliphatic rings. The third-order valence-corrected chi connectivity index (χ3v) is 2.74. The predicted octanol–water partition coefficient (Wildman–Crippen LogP) is 2.60. The van der Waals surface area contributed by atoms with Crippen molar-refractivity contribution >= 4 is 5.71 Å². The monoisotopic (exact) mass is 221 g/mol. The van der Waals surface area contributed by atoms with Crippen molar-refractivity contribution in [3.8, 4) is 0 Å². The topological polar surface area (TPSA) is 32.6 Å². The summed E-state index contributed by atoms with van der Waals surface area (Å²) in [6, 6.07) is 3.37. The van der Waals surface area contributed by atoms with Crippen LogP contribution in [-0.4, -0.2) is 16.4 Å². The second kappa shape index (κ2) is 3.67. The summed E-state index contributed by atoms with van der Waals surface area (Å²) in [5, 5.41) is 9.75. The summed E-state index contributed by atoms with van der Waals surface area (Å²) < 4.78 is 13.5. The van der Waals surface area contributed by atoms with E-state index in [9.17, 15) is 9.50 Å². The van der Waals surface area contributed by atoms with E-state index in [0.29, 0.717) is 18.5 Å². The minimum atomic E-state index is -0.804. The van der Waals surface area contributed by atoms with Crippen molar-refractivity contribution in [2.24, 2.45) is 4.99 Å². The lowest BCUT2D eigenvalue weighted by Gasteiger charge is -2.17. The van der Waals surface area contributed by atoms with Crippen molar-refractivity contribution in [2.75, 3.05) is 0 Å². The summed E-state index contributed by atoms with van der Waals surface area (Å²) in [6.45, 7) is 5.82. The Balaban J connectivity index is 2.35. The quantitative estimate of drug-likeness (QED) is 0.818. The molecule has 1 aromatic rings. The fourth-order valence-electron chi connectivity index (χ4n) is 1.97. The first kappa shape index (κ1) is 11.3. The number of aliphatic hydroxyl groups is 1. The van der Waals surface area contributed by atoms with Gasteiger partial charge in [0.1, 0.15) is 5.82 Å². The van der Waals surface area contributed by atoms with E-state index in [2.05, 4.69) is 4.99 Å². The third-order valence-electron chi connectivity index (χ3n) is 2.74. The summed E-state index contributed by atoms with van der Waals surface area (Å²) >= 11 is 0. The second-order valence-corrected chi connectivity index (χ2v) is 5.01. The number of halogens is 1. The molecule has 0 aromatic heterocycles. The summed E-state index contributed by atoms with van der Waals surface area (Å²) in [4.78, 5) is 4.36. The van der Waals surface area contributed by atoms with Gasteiger partial charge in [-0.3, -0.25) is 4.99 Å². The molecule has 2 nitrogen and oxygen atoms in total. The Morgan fingerprint density at radius 2 is 2.12 bits per heavy atom. The molecular weight excluding hydrogens is 205 g/mol. The largest absolute Gasteiger partial charge is 0.390 e. The Bertz CT molecular complexity index is 458. The van der Waals surface area contributed by atoms with Crippen LogP contribution in [0.15, 0.2) is 17.1 Å². The zero-order valence-corrected chi connectivity index (χ0v) is 9.84. The van der Waals surface area contributed by atoms with Gasteiger partial charge >= 0.3 is 0 Å². The molecule has 16 heavy (non-hydrogen) atoms. The van der Waals surface area contributed by atoms with Gasteiger partial charge in [-0.25, -0.2) is 4.39 Å². The molecule has 1 aromatic carbocycles. The molecule has 0 saturated heterocycles. The number of benzene rings is 1. The Kier molecular flexibility index (Phi) is 2.58. The van der Waals surface area contributed by atoms with Gasteiger partial charge in [-0.2, -0.15) is 0 Å². The summed E-state index contributed by atoms with van der Waals surface area (Å²) in [7, 11) is 0. The van der Waals surface area contributed by atoms with Crippen LogP contribution in [0.2, 0.25) is 0 Å². The highest BCUT2D eigenvalue weighted by molar-refractivity contribution is 6.04. The van der Waals surface area contributed by atoms with E-state index >= 15 is 0 Å². The number of fused-ring (bicyclic) bond motifs is 1. The molecule has 0 amide bonds. The predicted molar refractivity (Wildman–Crippen MR) is 62.3 cm³/mol. The summed E-state index contributed by atoms with van der Waals surface area (Å²) in [5.74, 6) is -0.205. The zero-order valence-electron chi connectivity index (χ0n) is 9.84. The van der Waals surface area contributed by atoms with E-state index in [4.69, 9.17) is 0 Å². The van der Waals surface area contributed by atoms with E-state index in [-0.39, 0.29) is 5.82 Å². The number of rotatable bonds is 2. The Morgan fingerprint density at radius 1 is 1.44 bits per heavy atom. The molecular formula is C13H16FNO. The fourth-order valence-corrected chi connectivity index (χ4v) is 1.97. The smallest absolute Gasteiger partial charge is 0.126 e. The van der Waals surface area contributed by atoms with Gasteiger partial charge in [0.15, 0.2) is 0 Å². The Morgan fingerprint density at radius 3 is 2.75 bits per heavy atom. The molecule has 2 rings (SSSR count). The van der Waals surface area contributed by atoms with Gasteiger partial charge in [-0.15, -0.1) is 0 Å². The second-order valence-electron chi connectivity index (χ2n) is 5.01. The van der Waals surface area contributed by atoms with E-state index in [0.717, 1.165) is 16.8 Å². The molecule has 0 atom stereocenters. The molecule has 0 radical (unpaired) electrons. The molecule has 0 aliphatic carbocycles. The third kappa shape index (κ3) is 2.14. The number of aryl methyl sites for hydroxylation is 1. The van der Waals surface area contributed by atoms with Gasteiger partial charge in [-0.05, 0) is 38.0 Å². The lowest BCUT2D eigenvalue weighted by molar-refractivity contribution is 0.0887. The molecule has 1 heterocycles. The average molecular weight is 221 g/mol. The molecule has 1 aliphatic heterocycles. The molecule has 0 saturated carbocycles. The van der Waals surface area contributed by atoms with Gasteiger partial charge in [-0.1, -0.05) is 6.07 Å². The van der Waals surface area contributed by atoms with Crippen LogP contribution in [0.3, 0.4) is 0 Å². The molecule has 0 unspecified atom stereocenters. The van der Waals surface area contributed by atoms with Crippen LogP contribution in [-0.2, 0) is 6.54 Å². The van der Waals surface area contributed by atoms with Crippen molar-refractivity contribution in [1.82, 2.24) is 0 Å². The first-order chi connectivity index (χ1) is 7.37. The van der Waals surface area contributed by atoms with Crippen molar-refractivity contribution in [3.63, 3.8) is 0 Å². The molecule has 86 valence electrons. The minimum absolute atomic E-state index is 0.205. The maximum absolute atomic E-state index is 13.5. The number of aliphatic imine (C=N–C) groups is 1. The lowest BCUT2D eigenvalue weighted by Crippen LogP contribution is -2.23. The summed E-state index contributed by atoms with van der Waals surface area (Å²) in [5.41, 5.74) is 2.56. The van der Waals surface area contributed by atoms with Crippen LogP contribution < -0.4 is 0 Å². The van der Waals surface area contributed by atoms with Crippen molar-refractivity contribution < 1.29 is 9.50 Å². The van der Waals surface area contributed by atoms with Crippen molar-refractivity contribution in [2.45, 2.75) is 39.3 Å². The van der Waals surface area contributed by atoms with Crippen LogP contribution in [0.25, 0.3) is 0 Å². The van der Waals surface area contributed by atoms with Crippen LogP contribution in [0.5, 0.6) is 0 Å². The van der Waals surface area contributed by atoms with Crippen LogP contribution in [0.4, 0.5) is 4.39 Å². The first-order valence-electron chi connectivity index (χ1n) is 5.42. The molecule has 0 fully saturated rings. The van der Waals surface area contributed by atoms with Crippen LogP contribution >= 0.6 is 0 Å². The average Bonchev–Trinajstić information content (AvgIpc) is 2.47. The zero-order chi connectivity index (χ0) is 11.9. The molecule has 0 spiro atoms. The van der Waals surface area contributed by atoms with Crippen molar-refractivity contribution in [3.05, 3.63) is 34.6 Å². The van der Waals surface area contributed by atoms with Gasteiger partial charge in [0, 0.05) is 17.7 Å². The van der Waals surface area contributed by atoms with Gasteiger partial charge in [0.05, 0.1) is 12.1 Å². The molecule has 1 N–H and O–H groups in total. The summed E-state index contributed by atoms with van der Waals surface area (Å²) in [6.07, 6.45) is 0.461. The number of hydrogen-bond donors (Lipinski definition) is 1. The van der Waals surface area contributed by atoms with Gasteiger partial charge in [0.25, 0.3) is 0 Å². The highest BCUT2D eigenvalue weighted by Gasteiger charge is 2.23. The van der Waals surface area contributed by atoms with Crippen molar-refractivity contribution in [1.29, 1.82) is 0 Å². The highest BCUT2D eigenvalue weighted by atomic mass is 19.1. The normalized spacial score (nSPS) is 14.9. The first-order valence-corrected chi connectivity index (χ1v) is 5.42. The number of hydrogen-bond acceptors (Lipinski definition) is 2. The van der Waals surface area contributed by atoms with E-state index in [1.807, 2.05) is 6.07 Å². The van der Waals surface area contributed by atoms with E-state index in [1.165, 1.54) is 6.07 Å². The van der Waals surface area contributed by atoms with Gasteiger partial charge in [0.2, 0.25) is 0 Å². The number of nitrogens with zero attached hydrogens (tertiary/aromatic N) is 1. The van der Waals surface area contributed by atoms with Crippen LogP contribution in [0, 0.1) is 12.7 Å². The minimum Gasteiger partial charge on any atom is -0.390 e. The molecule has 0 bridgehead atoms. The maximum Gasteiger partial charge on any atom is 0.126 e. The lowest BCUT2D eigenvalue weighted by atomic mass is 9.95. The highest BCUT2D eigenvalue weighted by Crippen LogP contribution is 2.26. The Hall–Kier alpha value is -1.22. The maximum atomic E-state index is 13.5.